The van der Waals surface area contributed by atoms with Gasteiger partial charge >= 0.3 is 33.3 Å². The maximum absolute atomic E-state index is 12.9. The first-order chi connectivity index (χ1) is 36.1. The Morgan fingerprint density at radius 1 is 0.720 bits per heavy atom. The van der Waals surface area contributed by atoms with E-state index in [9.17, 15) is 48.6 Å². The monoisotopic (exact) mass is 1090 g/mol. The van der Waals surface area contributed by atoms with Crippen LogP contribution in [0.1, 0.15) is 142 Å². The number of anilines is 1. The highest BCUT2D eigenvalue weighted by Crippen LogP contribution is 2.60. The second-order valence-corrected chi connectivity index (χ2v) is 20.5. The number of rotatable bonds is 41. The molecule has 420 valence electrons. The van der Waals surface area contributed by atoms with Crippen molar-refractivity contribution in [3.8, 4) is 0 Å². The number of unbranched alkanes of at least 4 members (excludes halogenated alkanes) is 6. The van der Waals surface area contributed by atoms with Crippen LogP contribution in [-0.4, -0.2) is 96.9 Å². The summed E-state index contributed by atoms with van der Waals surface area (Å²) in [4.78, 5) is 61.9. The number of nitrogen functional groups attached to an aromatic ring is 1. The standard InChI is InChI=1S/C54H83N3O16P2/c1-3-5-7-9-11-13-15-17-18-19-20-21-22-24-26-28-30-32-34-38-50(60)71-46(42-68-49(59)39-35-37-45(58)36-33-31-29-27-25-23-16-14-12-10-8-6-4-2)43-69-74(64,65)73-75(66,67)70-44-47-51(61)52(62)53(72-47)57-41-40-48(55)56-54(57)63/h5,7,11,13,17-18,20-21,23-26,29-33,36,40-41,45-47,51-53,58,61-62H,3-4,6,8-10,12,14-16,19,22,27-28,34-35,37-39,42-44H2,1-2H3,(H,64,65)(H,66,67)(H2,55,56,63)/b7-5-,13-11-,18-17-,21-20-,25-23+,26-24-,31-29+,32-30-,36-33+/t45?,46-,47-,51-,52-,53-/m1/s1. The van der Waals surface area contributed by atoms with E-state index in [-0.39, 0.29) is 37.9 Å². The molecule has 0 saturated carbocycles. The maximum atomic E-state index is 12.9. The number of nitrogens with zero attached hydrogens (tertiary/aromatic N) is 2. The number of carbonyl (C=O) groups is 2. The lowest BCUT2D eigenvalue weighted by Gasteiger charge is -2.21. The van der Waals surface area contributed by atoms with Gasteiger partial charge in [0, 0.05) is 19.0 Å². The van der Waals surface area contributed by atoms with Crippen LogP contribution in [0.15, 0.2) is 126 Å². The van der Waals surface area contributed by atoms with Crippen LogP contribution in [-0.2, 0) is 46.3 Å². The topological polar surface area (TPSA) is 286 Å². The molecule has 7 N–H and O–H groups in total. The van der Waals surface area contributed by atoms with Gasteiger partial charge in [-0.1, -0.05) is 155 Å². The molecule has 2 rings (SSSR count). The Morgan fingerprint density at radius 3 is 1.92 bits per heavy atom. The highest BCUT2D eigenvalue weighted by Gasteiger charge is 2.46. The molecule has 19 nitrogen and oxygen atoms in total. The van der Waals surface area contributed by atoms with Crippen molar-refractivity contribution in [2.45, 2.75) is 173 Å². The summed E-state index contributed by atoms with van der Waals surface area (Å²) in [7, 11) is -11.0. The van der Waals surface area contributed by atoms with Crippen LogP contribution >= 0.6 is 15.6 Å². The molecule has 0 amide bonds. The first-order valence-corrected chi connectivity index (χ1v) is 29.0. The number of phosphoric acid groups is 2. The molecule has 8 atom stereocenters. The van der Waals surface area contributed by atoms with E-state index in [1.165, 1.54) is 44.6 Å². The summed E-state index contributed by atoms with van der Waals surface area (Å²) in [5.41, 5.74) is 4.57. The molecule has 21 heteroatoms. The summed E-state index contributed by atoms with van der Waals surface area (Å²) in [6, 6.07) is 1.23. The summed E-state index contributed by atoms with van der Waals surface area (Å²) >= 11 is 0. The van der Waals surface area contributed by atoms with E-state index in [1.807, 2.05) is 30.4 Å². The Bertz CT molecular complexity index is 2200. The van der Waals surface area contributed by atoms with E-state index in [0.29, 0.717) is 6.42 Å². The summed E-state index contributed by atoms with van der Waals surface area (Å²) in [5.74, 6) is -1.62. The van der Waals surface area contributed by atoms with Crippen LogP contribution in [0, 0.1) is 0 Å². The zero-order valence-corrected chi connectivity index (χ0v) is 45.4. The molecule has 0 aromatic carbocycles. The van der Waals surface area contributed by atoms with Crippen molar-refractivity contribution < 1.29 is 71.4 Å². The van der Waals surface area contributed by atoms with E-state index in [2.05, 4.69) is 83.9 Å². The first kappa shape index (κ1) is 66.5. The van der Waals surface area contributed by atoms with Crippen molar-refractivity contribution in [1.82, 2.24) is 9.55 Å². The Morgan fingerprint density at radius 2 is 1.29 bits per heavy atom. The van der Waals surface area contributed by atoms with Gasteiger partial charge in [-0.15, -0.1) is 0 Å². The molecule has 1 aliphatic rings. The van der Waals surface area contributed by atoms with E-state index in [0.717, 1.165) is 55.7 Å². The van der Waals surface area contributed by atoms with Crippen LogP contribution in [0.3, 0.4) is 0 Å². The van der Waals surface area contributed by atoms with Crippen LogP contribution < -0.4 is 11.4 Å². The zero-order chi connectivity index (χ0) is 55.0. The molecule has 0 aliphatic carbocycles. The number of allylic oxidation sites excluding steroid dienone is 17. The van der Waals surface area contributed by atoms with Crippen molar-refractivity contribution in [1.29, 1.82) is 0 Å². The molecule has 0 radical (unpaired) electrons. The SMILES string of the molecule is CC/C=C\C/C=C\C/C=C\C/C=C\C/C=C\C/C=C\CCC(=O)O[C@H](COC(=O)CCCC(O)/C=C/C=C/C/C=C/CCCCCCCC)COP(=O)(O)OP(=O)(O)OC[C@H]1O[C@@H](n2ccc(N)nc2=O)[C@H](O)[C@@H]1O. The minimum atomic E-state index is -5.49. The second kappa shape index (κ2) is 40.6. The van der Waals surface area contributed by atoms with Crippen molar-refractivity contribution in [2.24, 2.45) is 0 Å². The molecule has 0 spiro atoms. The Balaban J connectivity index is 1.88. The lowest BCUT2D eigenvalue weighted by atomic mass is 10.1. The highest BCUT2D eigenvalue weighted by atomic mass is 31.3. The number of hydrogen-bond acceptors (Lipinski definition) is 16. The van der Waals surface area contributed by atoms with Gasteiger partial charge in [0.15, 0.2) is 12.3 Å². The summed E-state index contributed by atoms with van der Waals surface area (Å²) < 4.78 is 56.5. The average Bonchev–Trinajstić information content (AvgIpc) is 3.64. The third-order valence-electron chi connectivity index (χ3n) is 11.0. The first-order valence-electron chi connectivity index (χ1n) is 26.0. The molecule has 1 fully saturated rings. The number of nitrogens with two attached hydrogens (primary N) is 1. The molecule has 1 aliphatic heterocycles. The fourth-order valence-electron chi connectivity index (χ4n) is 6.94. The van der Waals surface area contributed by atoms with Gasteiger partial charge in [0.2, 0.25) is 0 Å². The van der Waals surface area contributed by atoms with Crippen LogP contribution in [0.4, 0.5) is 5.82 Å². The van der Waals surface area contributed by atoms with E-state index in [1.54, 1.807) is 18.2 Å². The van der Waals surface area contributed by atoms with Crippen LogP contribution in [0.2, 0.25) is 0 Å². The fraction of sp³-hybridized carbons (Fsp3) is 0.556. The molecule has 1 aromatic heterocycles. The third kappa shape index (κ3) is 33.2. The normalized spacial score (nSPS) is 20.1. The molecule has 75 heavy (non-hydrogen) atoms. The average molecular weight is 1090 g/mol. The maximum Gasteiger partial charge on any atom is 0.481 e. The Hall–Kier alpha value is -4.62. The molecule has 0 bridgehead atoms. The van der Waals surface area contributed by atoms with Gasteiger partial charge < -0.3 is 45.1 Å². The van der Waals surface area contributed by atoms with Gasteiger partial charge in [-0.2, -0.15) is 9.29 Å². The molecule has 2 heterocycles. The number of phosphoric ester groups is 2. The van der Waals surface area contributed by atoms with Crippen LogP contribution in [0.5, 0.6) is 0 Å². The minimum Gasteiger partial charge on any atom is -0.462 e. The minimum absolute atomic E-state index is 0.118. The predicted octanol–water partition coefficient (Wildman–Crippen LogP) is 9.97. The number of hydrogen-bond donors (Lipinski definition) is 6. The number of esters is 2. The van der Waals surface area contributed by atoms with E-state index < -0.39 is 89.8 Å². The third-order valence-corrected chi connectivity index (χ3v) is 13.6. The smallest absolute Gasteiger partial charge is 0.462 e. The molecular weight excluding hydrogens is 1010 g/mol. The quantitative estimate of drug-likeness (QED) is 0.0117. The predicted molar refractivity (Wildman–Crippen MR) is 290 cm³/mol. The number of aliphatic hydroxyl groups is 3. The van der Waals surface area contributed by atoms with Crippen molar-refractivity contribution >= 4 is 33.4 Å². The van der Waals surface area contributed by atoms with Gasteiger partial charge in [0.25, 0.3) is 0 Å². The number of aromatic nitrogens is 2. The van der Waals surface area contributed by atoms with Crippen LogP contribution in [0.25, 0.3) is 0 Å². The summed E-state index contributed by atoms with van der Waals surface area (Å²) in [5, 5.41) is 31.3. The summed E-state index contributed by atoms with van der Waals surface area (Å²) in [6.07, 6.45) is 43.5. The van der Waals surface area contributed by atoms with Crippen molar-refractivity contribution in [3.63, 3.8) is 0 Å². The molecule has 3 unspecified atom stereocenters. The second-order valence-electron chi connectivity index (χ2n) is 17.5. The van der Waals surface area contributed by atoms with E-state index >= 15 is 0 Å². The van der Waals surface area contributed by atoms with Gasteiger partial charge in [0.1, 0.15) is 30.7 Å². The number of aliphatic hydroxyl groups excluding tert-OH is 3. The lowest BCUT2D eigenvalue weighted by molar-refractivity contribution is -0.161. The van der Waals surface area contributed by atoms with Crippen molar-refractivity contribution in [3.05, 3.63) is 132 Å². The molecule has 1 saturated heterocycles. The largest absolute Gasteiger partial charge is 0.481 e. The van der Waals surface area contributed by atoms with Gasteiger partial charge in [0.05, 0.1) is 19.3 Å². The van der Waals surface area contributed by atoms with Crippen molar-refractivity contribution in [2.75, 3.05) is 25.6 Å². The fourth-order valence-corrected chi connectivity index (χ4v) is 9.05. The Labute approximate surface area is 443 Å². The zero-order valence-electron chi connectivity index (χ0n) is 43.7. The van der Waals surface area contributed by atoms with E-state index in [4.69, 9.17) is 29.0 Å². The lowest BCUT2D eigenvalue weighted by Crippen LogP contribution is -2.36. The highest BCUT2D eigenvalue weighted by molar-refractivity contribution is 7.61. The Kier molecular flexibility index (Phi) is 36.0. The number of ether oxygens (including phenoxy) is 3. The van der Waals surface area contributed by atoms with Gasteiger partial charge in [-0.3, -0.25) is 23.2 Å². The summed E-state index contributed by atoms with van der Waals surface area (Å²) in [6.45, 7) is 1.77. The van der Waals surface area contributed by atoms with Gasteiger partial charge in [-0.25, -0.2) is 13.9 Å². The van der Waals surface area contributed by atoms with Gasteiger partial charge in [-0.05, 0) is 83.1 Å². The molecule has 1 aromatic rings. The number of carbonyl (C=O) groups excluding carboxylic acids is 2. The molecular formula is C54H83N3O16P2.